The van der Waals surface area contributed by atoms with Gasteiger partial charge in [-0.05, 0) is 30.0 Å². The van der Waals surface area contributed by atoms with E-state index in [0.29, 0.717) is 0 Å². The molecule has 1 unspecified atom stereocenters. The smallest absolute Gasteiger partial charge is 0.237 e. The highest BCUT2D eigenvalue weighted by atomic mass is 16.2. The first-order valence-corrected chi connectivity index (χ1v) is 5.78. The van der Waals surface area contributed by atoms with Crippen LogP contribution in [0, 0.1) is 5.41 Å². The summed E-state index contributed by atoms with van der Waals surface area (Å²) in [6.07, 6.45) is 3.42. The van der Waals surface area contributed by atoms with E-state index < -0.39 is 6.04 Å². The maximum absolute atomic E-state index is 11.9. The highest BCUT2D eigenvalue weighted by molar-refractivity contribution is 5.82. The van der Waals surface area contributed by atoms with Gasteiger partial charge in [0.05, 0.1) is 12.1 Å². The molecule has 0 spiro atoms. The van der Waals surface area contributed by atoms with E-state index in [2.05, 4.69) is 10.3 Å². The van der Waals surface area contributed by atoms with Crippen molar-refractivity contribution in [2.45, 2.75) is 39.8 Å². The molecule has 0 saturated heterocycles. The lowest BCUT2D eigenvalue weighted by atomic mass is 9.87. The normalized spacial score (nSPS) is 15.1. The second kappa shape index (κ2) is 5.27. The standard InChI is InChI=1S/C13H21N3O/c1-9(10-5-7-15-8-6-10)16-12(17)11(14)13(2,3)4/h5-9,11H,14H2,1-4H3,(H,16,17)/t9?,11-/m1/s1. The van der Waals surface area contributed by atoms with E-state index in [4.69, 9.17) is 5.73 Å². The number of nitrogens with two attached hydrogens (primary N) is 1. The Hall–Kier alpha value is -1.42. The van der Waals surface area contributed by atoms with Gasteiger partial charge in [-0.1, -0.05) is 20.8 Å². The Kier molecular flexibility index (Phi) is 4.23. The molecule has 0 saturated carbocycles. The Balaban J connectivity index is 2.64. The molecule has 1 rings (SSSR count). The molecule has 0 radical (unpaired) electrons. The fourth-order valence-corrected chi connectivity index (χ4v) is 1.43. The first kappa shape index (κ1) is 13.6. The summed E-state index contributed by atoms with van der Waals surface area (Å²) in [6.45, 7) is 7.79. The van der Waals surface area contributed by atoms with E-state index in [1.807, 2.05) is 39.8 Å². The van der Waals surface area contributed by atoms with E-state index in [9.17, 15) is 4.79 Å². The van der Waals surface area contributed by atoms with E-state index in [1.54, 1.807) is 12.4 Å². The molecular weight excluding hydrogens is 214 g/mol. The summed E-state index contributed by atoms with van der Waals surface area (Å²) < 4.78 is 0. The first-order chi connectivity index (χ1) is 7.82. The van der Waals surface area contributed by atoms with Crippen LogP contribution in [-0.4, -0.2) is 16.9 Å². The minimum Gasteiger partial charge on any atom is -0.348 e. The lowest BCUT2D eigenvalue weighted by molar-refractivity contribution is -0.125. The molecule has 0 bridgehead atoms. The SMILES string of the molecule is CC(NC(=O)[C@@H](N)C(C)(C)C)c1ccncc1. The number of carbonyl (C=O) groups excluding carboxylic acids is 1. The van der Waals surface area contributed by atoms with Crippen molar-refractivity contribution < 1.29 is 4.79 Å². The zero-order valence-corrected chi connectivity index (χ0v) is 10.9. The number of carbonyl (C=O) groups is 1. The van der Waals surface area contributed by atoms with Crippen molar-refractivity contribution in [2.75, 3.05) is 0 Å². The number of nitrogens with zero attached hydrogens (tertiary/aromatic N) is 1. The van der Waals surface area contributed by atoms with Crippen LogP contribution in [0.5, 0.6) is 0 Å². The van der Waals surface area contributed by atoms with E-state index in [-0.39, 0.29) is 17.4 Å². The van der Waals surface area contributed by atoms with Gasteiger partial charge in [0.2, 0.25) is 5.91 Å². The van der Waals surface area contributed by atoms with Crippen molar-refractivity contribution in [1.82, 2.24) is 10.3 Å². The molecule has 17 heavy (non-hydrogen) atoms. The summed E-state index contributed by atoms with van der Waals surface area (Å²) in [4.78, 5) is 15.9. The van der Waals surface area contributed by atoms with E-state index in [0.717, 1.165) is 5.56 Å². The average Bonchev–Trinajstić information content (AvgIpc) is 2.27. The minimum atomic E-state index is -0.508. The third-order valence-corrected chi connectivity index (χ3v) is 2.78. The zero-order valence-electron chi connectivity index (χ0n) is 10.9. The maximum Gasteiger partial charge on any atom is 0.237 e. The molecule has 94 valence electrons. The molecule has 0 aliphatic carbocycles. The van der Waals surface area contributed by atoms with Crippen LogP contribution in [0.1, 0.15) is 39.3 Å². The molecule has 1 amide bonds. The molecule has 4 heteroatoms. The van der Waals surface area contributed by atoms with Crippen LogP contribution in [0.2, 0.25) is 0 Å². The van der Waals surface area contributed by atoms with Gasteiger partial charge in [0.15, 0.2) is 0 Å². The van der Waals surface area contributed by atoms with Crippen molar-refractivity contribution in [2.24, 2.45) is 11.1 Å². The van der Waals surface area contributed by atoms with Crippen LogP contribution in [0.3, 0.4) is 0 Å². The van der Waals surface area contributed by atoms with Gasteiger partial charge in [0.1, 0.15) is 0 Å². The Morgan fingerprint density at radius 2 is 1.88 bits per heavy atom. The number of pyridine rings is 1. The quantitative estimate of drug-likeness (QED) is 0.836. The molecule has 0 aromatic carbocycles. The first-order valence-electron chi connectivity index (χ1n) is 5.78. The molecule has 0 fully saturated rings. The lowest BCUT2D eigenvalue weighted by Gasteiger charge is -2.27. The van der Waals surface area contributed by atoms with Crippen LogP contribution in [0.25, 0.3) is 0 Å². The van der Waals surface area contributed by atoms with Gasteiger partial charge in [0, 0.05) is 12.4 Å². The van der Waals surface area contributed by atoms with Gasteiger partial charge in [-0.15, -0.1) is 0 Å². The van der Waals surface area contributed by atoms with E-state index in [1.165, 1.54) is 0 Å². The van der Waals surface area contributed by atoms with Crippen molar-refractivity contribution in [3.63, 3.8) is 0 Å². The number of hydrogen-bond acceptors (Lipinski definition) is 3. The van der Waals surface area contributed by atoms with Crippen LogP contribution >= 0.6 is 0 Å². The van der Waals surface area contributed by atoms with Gasteiger partial charge in [-0.25, -0.2) is 0 Å². The van der Waals surface area contributed by atoms with Crippen LogP contribution in [-0.2, 0) is 4.79 Å². The molecule has 1 aromatic heterocycles. The largest absolute Gasteiger partial charge is 0.348 e. The summed E-state index contributed by atoms with van der Waals surface area (Å²) in [6, 6.07) is 3.20. The molecule has 1 aromatic rings. The Morgan fingerprint density at radius 3 is 2.35 bits per heavy atom. The molecule has 3 N–H and O–H groups in total. The van der Waals surface area contributed by atoms with Crippen molar-refractivity contribution >= 4 is 5.91 Å². The van der Waals surface area contributed by atoms with E-state index >= 15 is 0 Å². The average molecular weight is 235 g/mol. The van der Waals surface area contributed by atoms with Crippen LogP contribution < -0.4 is 11.1 Å². The van der Waals surface area contributed by atoms with Crippen molar-refractivity contribution in [3.8, 4) is 0 Å². The van der Waals surface area contributed by atoms with Gasteiger partial charge in [-0.3, -0.25) is 9.78 Å². The second-order valence-electron chi connectivity index (χ2n) is 5.35. The number of aromatic nitrogens is 1. The summed E-state index contributed by atoms with van der Waals surface area (Å²) in [7, 11) is 0. The van der Waals surface area contributed by atoms with Gasteiger partial charge >= 0.3 is 0 Å². The topological polar surface area (TPSA) is 68.0 Å². The van der Waals surface area contributed by atoms with Crippen molar-refractivity contribution in [1.29, 1.82) is 0 Å². The van der Waals surface area contributed by atoms with Gasteiger partial charge < -0.3 is 11.1 Å². The molecule has 0 aliphatic rings. The fourth-order valence-electron chi connectivity index (χ4n) is 1.43. The number of hydrogen-bond donors (Lipinski definition) is 2. The van der Waals surface area contributed by atoms with Gasteiger partial charge in [-0.2, -0.15) is 0 Å². The summed E-state index contributed by atoms with van der Waals surface area (Å²) in [5, 5.41) is 2.91. The van der Waals surface area contributed by atoms with Crippen LogP contribution in [0.4, 0.5) is 0 Å². The highest BCUT2D eigenvalue weighted by Gasteiger charge is 2.28. The highest BCUT2D eigenvalue weighted by Crippen LogP contribution is 2.18. The molecule has 1 heterocycles. The number of rotatable bonds is 3. The zero-order chi connectivity index (χ0) is 13.1. The fraction of sp³-hybridized carbons (Fsp3) is 0.538. The molecule has 4 nitrogen and oxygen atoms in total. The third-order valence-electron chi connectivity index (χ3n) is 2.78. The summed E-state index contributed by atoms with van der Waals surface area (Å²) in [5.41, 5.74) is 6.68. The Morgan fingerprint density at radius 1 is 1.35 bits per heavy atom. The molecule has 2 atom stereocenters. The van der Waals surface area contributed by atoms with Crippen LogP contribution in [0.15, 0.2) is 24.5 Å². The van der Waals surface area contributed by atoms with Crippen molar-refractivity contribution in [3.05, 3.63) is 30.1 Å². The summed E-state index contributed by atoms with van der Waals surface area (Å²) in [5.74, 6) is -0.123. The number of amides is 1. The van der Waals surface area contributed by atoms with Gasteiger partial charge in [0.25, 0.3) is 0 Å². The second-order valence-corrected chi connectivity index (χ2v) is 5.35. The minimum absolute atomic E-state index is 0.0566. The predicted octanol–water partition coefficient (Wildman–Crippen LogP) is 1.63. The maximum atomic E-state index is 11.9. The molecule has 0 aliphatic heterocycles. The Labute approximate surface area is 103 Å². The summed E-state index contributed by atoms with van der Waals surface area (Å²) >= 11 is 0. The number of nitrogens with one attached hydrogen (secondary N) is 1. The molecular formula is C13H21N3O. The monoisotopic (exact) mass is 235 g/mol. The Bertz CT molecular complexity index is 370. The predicted molar refractivity (Wildman–Crippen MR) is 68.2 cm³/mol. The lowest BCUT2D eigenvalue weighted by Crippen LogP contribution is -2.49. The third kappa shape index (κ3) is 3.82.